The van der Waals surface area contributed by atoms with E-state index in [0.717, 1.165) is 24.1 Å². The minimum atomic E-state index is -1.82. The topological polar surface area (TPSA) is 86.6 Å². The molecule has 31 heavy (non-hydrogen) atoms. The fraction of sp³-hybridized carbons (Fsp3) is 0.417. The minimum absolute atomic E-state index is 0.489. The van der Waals surface area contributed by atoms with Crippen LogP contribution in [0, 0.1) is 11.8 Å². The van der Waals surface area contributed by atoms with Gasteiger partial charge in [-0.25, -0.2) is 9.59 Å². The highest BCUT2D eigenvalue weighted by molar-refractivity contribution is 8.17. The van der Waals surface area contributed by atoms with Gasteiger partial charge in [0, 0.05) is 13.0 Å². The van der Waals surface area contributed by atoms with Crippen LogP contribution in [0.3, 0.4) is 0 Å². The van der Waals surface area contributed by atoms with Crippen LogP contribution in [-0.4, -0.2) is 51.3 Å². The maximum absolute atomic E-state index is 9.10. The fourth-order valence-corrected chi connectivity index (χ4v) is 6.05. The zero-order valence-electron chi connectivity index (χ0n) is 17.7. The average Bonchev–Trinajstić information content (AvgIpc) is 2.79. The zero-order chi connectivity index (χ0) is 22.5. The quantitative estimate of drug-likeness (QED) is 0.329. The average molecular weight is 460 g/mol. The first-order chi connectivity index (χ1) is 15.0. The molecule has 1 atom stereocenters. The van der Waals surface area contributed by atoms with Gasteiger partial charge in [0.25, 0.3) is 0 Å². The van der Waals surface area contributed by atoms with E-state index >= 15 is 0 Å². The van der Waals surface area contributed by atoms with Gasteiger partial charge < -0.3 is 15.5 Å². The van der Waals surface area contributed by atoms with Crippen molar-refractivity contribution in [2.75, 3.05) is 24.6 Å². The SMILES string of the molecule is CC(CNCC#CCCC1SCCCS1)c1cccc2ccccc12.O=C(O)C(=O)O. The number of hydrogen-bond donors (Lipinski definition) is 3. The van der Waals surface area contributed by atoms with Gasteiger partial charge in [-0.05, 0) is 46.6 Å². The molecule has 1 fully saturated rings. The summed E-state index contributed by atoms with van der Waals surface area (Å²) in [6, 6.07) is 15.2. The van der Waals surface area contributed by atoms with Crippen LogP contribution < -0.4 is 5.32 Å². The van der Waals surface area contributed by atoms with Crippen LogP contribution in [0.1, 0.15) is 37.7 Å². The predicted octanol–water partition coefficient (Wildman–Crippen LogP) is 4.67. The highest BCUT2D eigenvalue weighted by Crippen LogP contribution is 2.33. The summed E-state index contributed by atoms with van der Waals surface area (Å²) in [6.45, 7) is 4.05. The molecule has 166 valence electrons. The van der Waals surface area contributed by atoms with E-state index in [1.54, 1.807) is 0 Å². The highest BCUT2D eigenvalue weighted by Gasteiger charge is 2.13. The number of carboxylic acid groups (broad SMARTS) is 2. The van der Waals surface area contributed by atoms with E-state index in [0.29, 0.717) is 5.92 Å². The number of hydrogen-bond acceptors (Lipinski definition) is 5. The van der Waals surface area contributed by atoms with Crippen LogP contribution in [0.25, 0.3) is 10.8 Å². The summed E-state index contributed by atoms with van der Waals surface area (Å²) in [4.78, 5) is 18.2. The molecule has 0 radical (unpaired) electrons. The lowest BCUT2D eigenvalue weighted by molar-refractivity contribution is -0.159. The van der Waals surface area contributed by atoms with Gasteiger partial charge in [0.1, 0.15) is 0 Å². The van der Waals surface area contributed by atoms with E-state index < -0.39 is 11.9 Å². The number of thioether (sulfide) groups is 2. The van der Waals surface area contributed by atoms with Crippen molar-refractivity contribution in [3.63, 3.8) is 0 Å². The molecule has 1 aliphatic heterocycles. The first-order valence-corrected chi connectivity index (χ1v) is 12.4. The normalized spacial score (nSPS) is 14.6. The lowest BCUT2D eigenvalue weighted by Gasteiger charge is -2.19. The Balaban J connectivity index is 0.000000501. The first-order valence-electron chi connectivity index (χ1n) is 10.3. The van der Waals surface area contributed by atoms with Crippen molar-refractivity contribution in [2.45, 2.75) is 36.7 Å². The third-order valence-electron chi connectivity index (χ3n) is 4.73. The number of fused-ring (bicyclic) bond motifs is 1. The van der Waals surface area contributed by atoms with Gasteiger partial charge in [0.2, 0.25) is 0 Å². The van der Waals surface area contributed by atoms with Crippen molar-refractivity contribution in [3.05, 3.63) is 48.0 Å². The molecule has 0 amide bonds. The monoisotopic (exact) mass is 459 g/mol. The second-order valence-corrected chi connectivity index (χ2v) is 10.0. The molecule has 1 saturated heterocycles. The Hall–Kier alpha value is -2.14. The van der Waals surface area contributed by atoms with Crippen LogP contribution in [-0.2, 0) is 9.59 Å². The van der Waals surface area contributed by atoms with Crippen molar-refractivity contribution in [2.24, 2.45) is 0 Å². The molecule has 2 aromatic carbocycles. The van der Waals surface area contributed by atoms with E-state index in [4.69, 9.17) is 19.8 Å². The maximum Gasteiger partial charge on any atom is 0.414 e. The summed E-state index contributed by atoms with van der Waals surface area (Å²) in [5.74, 6) is 6.13. The Morgan fingerprint density at radius 3 is 2.45 bits per heavy atom. The molecule has 0 spiro atoms. The second-order valence-electron chi connectivity index (χ2n) is 7.13. The Kier molecular flexibility index (Phi) is 11.4. The molecule has 0 aliphatic carbocycles. The summed E-state index contributed by atoms with van der Waals surface area (Å²) in [5.41, 5.74) is 1.42. The largest absolute Gasteiger partial charge is 0.473 e. The number of rotatable bonds is 6. The van der Waals surface area contributed by atoms with Crippen LogP contribution in [0.15, 0.2) is 42.5 Å². The lowest BCUT2D eigenvalue weighted by Crippen LogP contribution is -2.20. The van der Waals surface area contributed by atoms with Gasteiger partial charge in [-0.1, -0.05) is 55.3 Å². The number of aliphatic carboxylic acids is 2. The number of benzene rings is 2. The molecular formula is C24H29NO4S2. The van der Waals surface area contributed by atoms with Crippen molar-refractivity contribution < 1.29 is 19.8 Å². The smallest absolute Gasteiger partial charge is 0.414 e. The zero-order valence-corrected chi connectivity index (χ0v) is 19.3. The second kappa shape index (κ2) is 14.0. The molecule has 0 bridgehead atoms. The molecule has 7 heteroatoms. The molecule has 1 heterocycles. The molecule has 1 unspecified atom stereocenters. The first kappa shape index (κ1) is 25.1. The molecule has 2 aromatic rings. The number of carboxylic acids is 2. The van der Waals surface area contributed by atoms with Crippen LogP contribution in [0.5, 0.6) is 0 Å². The van der Waals surface area contributed by atoms with Gasteiger partial charge >= 0.3 is 11.9 Å². The van der Waals surface area contributed by atoms with Gasteiger partial charge in [-0.3, -0.25) is 0 Å². The Morgan fingerprint density at radius 2 is 1.74 bits per heavy atom. The Labute approximate surface area is 192 Å². The predicted molar refractivity (Wildman–Crippen MR) is 131 cm³/mol. The van der Waals surface area contributed by atoms with Crippen molar-refractivity contribution in [1.29, 1.82) is 0 Å². The van der Waals surface area contributed by atoms with Crippen molar-refractivity contribution in [3.8, 4) is 11.8 Å². The maximum atomic E-state index is 9.10. The standard InChI is InChI=1S/C22H27NS2.C2H2O4/c1-18(20-12-7-10-19-9-4-5-11-21(19)20)17-23-14-6-2-3-13-22-24-15-8-16-25-22;3-1(4)2(5)6/h4-5,7,9-12,18,22-23H,3,8,13-17H2,1H3;(H,3,4)(H,5,6). The van der Waals surface area contributed by atoms with E-state index in [2.05, 4.69) is 90.1 Å². The minimum Gasteiger partial charge on any atom is -0.473 e. The third-order valence-corrected chi connectivity index (χ3v) is 7.81. The van der Waals surface area contributed by atoms with Crippen LogP contribution in [0.2, 0.25) is 0 Å². The molecule has 0 aromatic heterocycles. The van der Waals surface area contributed by atoms with Gasteiger partial charge in [-0.15, -0.1) is 29.4 Å². The third kappa shape index (κ3) is 9.26. The van der Waals surface area contributed by atoms with Crippen molar-refractivity contribution >= 4 is 46.2 Å². The Bertz CT molecular complexity index is 899. The van der Waals surface area contributed by atoms with Crippen LogP contribution in [0.4, 0.5) is 0 Å². The molecular weight excluding hydrogens is 430 g/mol. The molecule has 3 rings (SSSR count). The van der Waals surface area contributed by atoms with Gasteiger partial charge in [0.05, 0.1) is 11.1 Å². The van der Waals surface area contributed by atoms with E-state index in [1.807, 2.05) is 0 Å². The molecule has 0 saturated carbocycles. The van der Waals surface area contributed by atoms with Gasteiger partial charge in [-0.2, -0.15) is 0 Å². The molecule has 1 aliphatic rings. The van der Waals surface area contributed by atoms with Gasteiger partial charge in [0.15, 0.2) is 0 Å². The number of carbonyl (C=O) groups is 2. The number of nitrogens with one attached hydrogen (secondary N) is 1. The summed E-state index contributed by atoms with van der Waals surface area (Å²) in [5, 5.41) is 21.0. The van der Waals surface area contributed by atoms with E-state index in [9.17, 15) is 0 Å². The lowest BCUT2D eigenvalue weighted by atomic mass is 9.95. The van der Waals surface area contributed by atoms with E-state index in [1.165, 1.54) is 40.7 Å². The molecule has 3 N–H and O–H groups in total. The van der Waals surface area contributed by atoms with E-state index in [-0.39, 0.29) is 0 Å². The summed E-state index contributed by atoms with van der Waals surface area (Å²) >= 11 is 4.23. The fourth-order valence-electron chi connectivity index (χ4n) is 3.19. The summed E-state index contributed by atoms with van der Waals surface area (Å²) < 4.78 is 0.780. The summed E-state index contributed by atoms with van der Waals surface area (Å²) in [6.07, 6.45) is 3.64. The van der Waals surface area contributed by atoms with Crippen LogP contribution >= 0.6 is 23.5 Å². The highest BCUT2D eigenvalue weighted by atomic mass is 32.2. The Morgan fingerprint density at radius 1 is 1.06 bits per heavy atom. The van der Waals surface area contributed by atoms with Crippen molar-refractivity contribution in [1.82, 2.24) is 5.32 Å². The molecule has 5 nitrogen and oxygen atoms in total. The summed E-state index contributed by atoms with van der Waals surface area (Å²) in [7, 11) is 0.